The monoisotopic (exact) mass is 281 g/mol. The molecule has 0 saturated carbocycles. The minimum atomic E-state index is -0.886. The van der Waals surface area contributed by atoms with E-state index in [0.717, 1.165) is 0 Å². The zero-order valence-electron chi connectivity index (χ0n) is 11.1. The number of halogens is 1. The second-order valence-electron chi connectivity index (χ2n) is 4.80. The third kappa shape index (κ3) is 3.07. The smallest absolute Gasteiger partial charge is 0.308 e. The number of nitrogens with zero attached hydrogens (tertiary/aromatic N) is 1. The molecule has 1 saturated heterocycles. The minimum Gasteiger partial charge on any atom is -0.496 e. The van der Waals surface area contributed by atoms with E-state index in [1.165, 1.54) is 30.2 Å². The van der Waals surface area contributed by atoms with Gasteiger partial charge in [0.2, 0.25) is 5.91 Å². The highest BCUT2D eigenvalue weighted by Crippen LogP contribution is 2.22. The maximum Gasteiger partial charge on any atom is 0.308 e. The number of carboxylic acid groups (broad SMARTS) is 1. The number of methoxy groups -OCH3 is 1. The van der Waals surface area contributed by atoms with Crippen LogP contribution in [0, 0.1) is 11.7 Å². The number of aliphatic carboxylic acids is 1. The molecule has 0 aliphatic carbocycles. The molecule has 1 N–H and O–H groups in total. The van der Waals surface area contributed by atoms with Crippen LogP contribution in [0.1, 0.15) is 12.0 Å². The topological polar surface area (TPSA) is 66.8 Å². The van der Waals surface area contributed by atoms with E-state index >= 15 is 0 Å². The highest BCUT2D eigenvalue weighted by molar-refractivity contribution is 5.81. The summed E-state index contributed by atoms with van der Waals surface area (Å²) < 4.78 is 18.3. The van der Waals surface area contributed by atoms with Gasteiger partial charge in [-0.05, 0) is 24.6 Å². The summed E-state index contributed by atoms with van der Waals surface area (Å²) in [5.74, 6) is -1.58. The number of hydrogen-bond donors (Lipinski definition) is 1. The van der Waals surface area contributed by atoms with Crippen LogP contribution in [-0.4, -0.2) is 42.1 Å². The predicted molar refractivity (Wildman–Crippen MR) is 69.0 cm³/mol. The summed E-state index contributed by atoms with van der Waals surface area (Å²) in [7, 11) is 1.46. The van der Waals surface area contributed by atoms with Gasteiger partial charge in [0.1, 0.15) is 11.6 Å². The van der Waals surface area contributed by atoms with Crippen molar-refractivity contribution in [2.45, 2.75) is 12.8 Å². The van der Waals surface area contributed by atoms with Crippen molar-refractivity contribution in [2.24, 2.45) is 5.92 Å². The number of rotatable bonds is 4. The third-order valence-corrected chi connectivity index (χ3v) is 3.47. The number of carbonyl (C=O) groups excluding carboxylic acids is 1. The molecule has 1 aliphatic heterocycles. The van der Waals surface area contributed by atoms with Gasteiger partial charge in [-0.2, -0.15) is 0 Å². The Morgan fingerprint density at radius 2 is 2.25 bits per heavy atom. The maximum atomic E-state index is 13.2. The SMILES string of the molecule is COc1ccc(F)cc1CC(=O)N1CCC(C(=O)O)C1. The van der Waals surface area contributed by atoms with Crippen LogP contribution in [-0.2, 0) is 16.0 Å². The normalized spacial score (nSPS) is 18.1. The Bertz CT molecular complexity index is 532. The van der Waals surface area contributed by atoms with Crippen molar-refractivity contribution in [1.29, 1.82) is 0 Å². The Morgan fingerprint density at radius 3 is 2.85 bits per heavy atom. The summed E-state index contributed by atoms with van der Waals surface area (Å²) in [6, 6.07) is 4.01. The molecule has 0 bridgehead atoms. The molecule has 2 rings (SSSR count). The molecule has 6 heteroatoms. The Morgan fingerprint density at radius 1 is 1.50 bits per heavy atom. The molecule has 1 amide bonds. The van der Waals surface area contributed by atoms with Gasteiger partial charge in [0.15, 0.2) is 0 Å². The van der Waals surface area contributed by atoms with E-state index in [1.807, 2.05) is 0 Å². The van der Waals surface area contributed by atoms with Gasteiger partial charge in [-0.25, -0.2) is 4.39 Å². The van der Waals surface area contributed by atoms with Gasteiger partial charge in [0.25, 0.3) is 0 Å². The van der Waals surface area contributed by atoms with Gasteiger partial charge in [-0.1, -0.05) is 0 Å². The van der Waals surface area contributed by atoms with E-state index in [2.05, 4.69) is 0 Å². The van der Waals surface area contributed by atoms with Crippen LogP contribution in [0.5, 0.6) is 5.75 Å². The molecule has 20 heavy (non-hydrogen) atoms. The lowest BCUT2D eigenvalue weighted by Gasteiger charge is -2.16. The van der Waals surface area contributed by atoms with Crippen molar-refractivity contribution in [3.05, 3.63) is 29.6 Å². The van der Waals surface area contributed by atoms with E-state index in [4.69, 9.17) is 9.84 Å². The maximum absolute atomic E-state index is 13.2. The highest BCUT2D eigenvalue weighted by atomic mass is 19.1. The van der Waals surface area contributed by atoms with Gasteiger partial charge in [0, 0.05) is 18.7 Å². The van der Waals surface area contributed by atoms with Crippen LogP contribution in [0.25, 0.3) is 0 Å². The number of likely N-dealkylation sites (tertiary alicyclic amines) is 1. The van der Waals surface area contributed by atoms with Crippen LogP contribution in [0.3, 0.4) is 0 Å². The van der Waals surface area contributed by atoms with Crippen LogP contribution < -0.4 is 4.74 Å². The number of hydrogen-bond acceptors (Lipinski definition) is 3. The average Bonchev–Trinajstić information content (AvgIpc) is 2.89. The van der Waals surface area contributed by atoms with Crippen molar-refractivity contribution in [3.8, 4) is 5.75 Å². The first-order valence-electron chi connectivity index (χ1n) is 6.34. The van der Waals surface area contributed by atoms with Gasteiger partial charge in [0.05, 0.1) is 19.4 Å². The van der Waals surface area contributed by atoms with Crippen molar-refractivity contribution >= 4 is 11.9 Å². The van der Waals surface area contributed by atoms with Crippen molar-refractivity contribution in [2.75, 3.05) is 20.2 Å². The molecule has 1 aromatic rings. The molecule has 1 heterocycles. The molecular formula is C14H16FNO4. The van der Waals surface area contributed by atoms with E-state index in [0.29, 0.717) is 24.3 Å². The summed E-state index contributed by atoms with van der Waals surface area (Å²) in [6.45, 7) is 0.638. The van der Waals surface area contributed by atoms with Gasteiger partial charge in [-0.3, -0.25) is 9.59 Å². The molecule has 0 radical (unpaired) electrons. The molecule has 0 aromatic heterocycles. The lowest BCUT2D eigenvalue weighted by Crippen LogP contribution is -2.31. The second-order valence-corrected chi connectivity index (χ2v) is 4.80. The van der Waals surface area contributed by atoms with E-state index in [-0.39, 0.29) is 18.9 Å². The van der Waals surface area contributed by atoms with Crippen molar-refractivity contribution in [3.63, 3.8) is 0 Å². The first kappa shape index (κ1) is 14.3. The van der Waals surface area contributed by atoms with Crippen molar-refractivity contribution < 1.29 is 23.8 Å². The molecule has 0 spiro atoms. The highest BCUT2D eigenvalue weighted by Gasteiger charge is 2.30. The van der Waals surface area contributed by atoms with Gasteiger partial charge >= 0.3 is 5.97 Å². The second kappa shape index (κ2) is 5.90. The molecule has 1 fully saturated rings. The van der Waals surface area contributed by atoms with Gasteiger partial charge < -0.3 is 14.7 Å². The minimum absolute atomic E-state index is 0.00721. The average molecular weight is 281 g/mol. The largest absolute Gasteiger partial charge is 0.496 e. The lowest BCUT2D eigenvalue weighted by molar-refractivity contribution is -0.141. The first-order valence-corrected chi connectivity index (χ1v) is 6.34. The molecule has 1 unspecified atom stereocenters. The molecule has 5 nitrogen and oxygen atoms in total. The fourth-order valence-electron chi connectivity index (χ4n) is 2.35. The number of benzene rings is 1. The van der Waals surface area contributed by atoms with E-state index < -0.39 is 17.7 Å². The van der Waals surface area contributed by atoms with Crippen LogP contribution >= 0.6 is 0 Å². The molecule has 1 aromatic carbocycles. The van der Waals surface area contributed by atoms with E-state index in [1.54, 1.807) is 0 Å². The van der Waals surface area contributed by atoms with Crippen molar-refractivity contribution in [1.82, 2.24) is 4.90 Å². The Kier molecular flexibility index (Phi) is 4.22. The number of carbonyl (C=O) groups is 2. The summed E-state index contributed by atoms with van der Waals surface area (Å²) in [5, 5.41) is 8.91. The van der Waals surface area contributed by atoms with Crippen LogP contribution in [0.15, 0.2) is 18.2 Å². The number of carboxylic acids is 1. The fourth-order valence-corrected chi connectivity index (χ4v) is 2.35. The fraction of sp³-hybridized carbons (Fsp3) is 0.429. The molecular weight excluding hydrogens is 265 g/mol. The van der Waals surface area contributed by atoms with Gasteiger partial charge in [-0.15, -0.1) is 0 Å². The quantitative estimate of drug-likeness (QED) is 0.903. The Hall–Kier alpha value is -2.11. The third-order valence-electron chi connectivity index (χ3n) is 3.47. The van der Waals surface area contributed by atoms with Crippen LogP contribution in [0.2, 0.25) is 0 Å². The lowest BCUT2D eigenvalue weighted by atomic mass is 10.1. The summed E-state index contributed by atoms with van der Waals surface area (Å²) in [4.78, 5) is 24.5. The Balaban J connectivity index is 2.05. The van der Waals surface area contributed by atoms with Crippen LogP contribution in [0.4, 0.5) is 4.39 Å². The predicted octanol–water partition coefficient (Wildman–Crippen LogP) is 1.31. The summed E-state index contributed by atoms with van der Waals surface area (Å²) >= 11 is 0. The standard InChI is InChI=1S/C14H16FNO4/c1-20-12-3-2-11(15)6-10(12)7-13(17)16-5-4-9(8-16)14(18)19/h2-3,6,9H,4-5,7-8H2,1H3,(H,18,19). The summed E-state index contributed by atoms with van der Waals surface area (Å²) in [6.07, 6.45) is 0.467. The summed E-state index contributed by atoms with van der Waals surface area (Å²) in [5.41, 5.74) is 0.469. The first-order chi connectivity index (χ1) is 9.51. The van der Waals surface area contributed by atoms with E-state index in [9.17, 15) is 14.0 Å². The number of amides is 1. The number of ether oxygens (including phenoxy) is 1. The zero-order valence-corrected chi connectivity index (χ0v) is 11.1. The zero-order chi connectivity index (χ0) is 14.7. The Labute approximate surface area is 116 Å². The molecule has 1 aliphatic rings. The molecule has 108 valence electrons. The molecule has 1 atom stereocenters.